The molecule has 2 saturated heterocycles. The molecule has 262 valence electrons. The first-order chi connectivity index (χ1) is 23.3. The third kappa shape index (κ3) is 7.95. The van der Waals surface area contributed by atoms with Crippen molar-refractivity contribution in [2.24, 2.45) is 5.41 Å². The number of benzene rings is 2. The lowest BCUT2D eigenvalue weighted by Gasteiger charge is -2.60. The summed E-state index contributed by atoms with van der Waals surface area (Å²) in [7, 11) is -3.51. The topological polar surface area (TPSA) is 109 Å². The van der Waals surface area contributed by atoms with Gasteiger partial charge in [0.1, 0.15) is 18.4 Å². The van der Waals surface area contributed by atoms with Gasteiger partial charge in [0.2, 0.25) is 0 Å². The molecule has 3 heterocycles. The van der Waals surface area contributed by atoms with Gasteiger partial charge in [0.05, 0.1) is 28.3 Å². The van der Waals surface area contributed by atoms with Crippen LogP contribution in [-0.4, -0.2) is 81.4 Å². The van der Waals surface area contributed by atoms with Crippen molar-refractivity contribution in [3.8, 4) is 23.7 Å². The fourth-order valence-electron chi connectivity index (χ4n) is 7.43. The zero-order valence-corrected chi connectivity index (χ0v) is 28.6. The van der Waals surface area contributed by atoms with Crippen LogP contribution < -0.4 is 15.4 Å². The lowest BCUT2D eigenvalue weighted by Crippen LogP contribution is -2.66. The first kappa shape index (κ1) is 34.9. The molecule has 1 saturated carbocycles. The van der Waals surface area contributed by atoms with E-state index in [1.165, 1.54) is 22.8 Å². The molecule has 0 unspecified atom stereocenters. The van der Waals surface area contributed by atoms with E-state index in [4.69, 9.17) is 14.7 Å². The number of alkyl halides is 3. The van der Waals surface area contributed by atoms with Crippen LogP contribution in [0.25, 0.3) is 10.9 Å². The number of nitriles is 1. The number of ether oxygens (including phenoxy) is 2. The molecule has 3 aliphatic rings. The van der Waals surface area contributed by atoms with Crippen LogP contribution >= 0.6 is 0 Å². The van der Waals surface area contributed by atoms with Crippen molar-refractivity contribution in [2.75, 3.05) is 56.3 Å². The van der Waals surface area contributed by atoms with E-state index >= 15 is 0 Å². The maximum Gasteiger partial charge on any atom is 0.406 e. The molecule has 6 rings (SSSR count). The molecule has 0 atom stereocenters. The maximum atomic E-state index is 13.8. The van der Waals surface area contributed by atoms with Crippen LogP contribution in [0, 0.1) is 28.6 Å². The molecule has 3 fully saturated rings. The maximum absolute atomic E-state index is 13.8. The predicted octanol–water partition coefficient (Wildman–Crippen LogP) is 6.20. The van der Waals surface area contributed by atoms with Gasteiger partial charge in [-0.15, -0.1) is 0 Å². The molecule has 13 heteroatoms. The summed E-state index contributed by atoms with van der Waals surface area (Å²) in [5.74, 6) is 5.96. The van der Waals surface area contributed by atoms with Gasteiger partial charge in [0.25, 0.3) is 0 Å². The van der Waals surface area contributed by atoms with E-state index in [1.54, 1.807) is 18.2 Å². The number of sulfone groups is 1. The molecule has 2 N–H and O–H groups in total. The quantitative estimate of drug-likeness (QED) is 0.255. The van der Waals surface area contributed by atoms with Gasteiger partial charge < -0.3 is 24.7 Å². The highest BCUT2D eigenvalue weighted by molar-refractivity contribution is 7.90. The normalized spacial score (nSPS) is 22.5. The Kier molecular flexibility index (Phi) is 9.82. The summed E-state index contributed by atoms with van der Waals surface area (Å²) in [4.78, 5) is 2.68. The Morgan fingerprint density at radius 2 is 1.80 bits per heavy atom. The number of rotatable bonds is 9. The van der Waals surface area contributed by atoms with E-state index in [-0.39, 0.29) is 41.1 Å². The Labute approximate surface area is 285 Å². The summed E-state index contributed by atoms with van der Waals surface area (Å²) < 4.78 is 77.5. The second-order valence-electron chi connectivity index (χ2n) is 13.9. The summed E-state index contributed by atoms with van der Waals surface area (Å²) in [5, 5.41) is 16.3. The second-order valence-corrected chi connectivity index (χ2v) is 15.9. The minimum absolute atomic E-state index is 0.0278. The van der Waals surface area contributed by atoms with Gasteiger partial charge >= 0.3 is 6.18 Å². The van der Waals surface area contributed by atoms with E-state index < -0.39 is 22.6 Å². The fraction of sp³-hybridized carbons (Fsp3) is 0.528. The molecule has 1 aliphatic carbocycles. The summed E-state index contributed by atoms with van der Waals surface area (Å²) in [6, 6.07) is 13.4. The number of anilines is 2. The standard InChI is InChI=1S/C36H42F3N5O4S/c1-34(43-23-35(24-43)14-18-47-19-15-35)12-10-26(11-13-34)42-30-6-3-7-32-29(30)21-27(44(32)25-36(37,38)39)5-4-17-41-31-9-8-28(49(2,45)46)22-33(31)48-20-16-40/h3,6-9,21-22,26,41-42H,10-15,17-20,23-25H2,1-2H3. The molecule has 49 heavy (non-hydrogen) atoms. The Bertz CT molecular complexity index is 1880. The number of nitrogens with one attached hydrogen (secondary N) is 2. The zero-order chi connectivity index (χ0) is 34.9. The van der Waals surface area contributed by atoms with E-state index in [0.29, 0.717) is 22.0 Å². The van der Waals surface area contributed by atoms with Gasteiger partial charge in [-0.25, -0.2) is 8.42 Å². The lowest BCUT2D eigenvalue weighted by atomic mass is 9.68. The molecule has 3 aromatic rings. The number of nitrogens with zero attached hydrogens (tertiary/aromatic N) is 3. The van der Waals surface area contributed by atoms with Crippen LogP contribution in [0.5, 0.6) is 5.75 Å². The van der Waals surface area contributed by atoms with Crippen molar-refractivity contribution in [3.63, 3.8) is 0 Å². The zero-order valence-electron chi connectivity index (χ0n) is 27.8. The fourth-order valence-corrected chi connectivity index (χ4v) is 8.07. The highest BCUT2D eigenvalue weighted by Gasteiger charge is 2.50. The number of likely N-dealkylation sites (tertiary alicyclic amines) is 1. The number of halogens is 3. The highest BCUT2D eigenvalue weighted by atomic mass is 32.2. The number of fused-ring (bicyclic) bond motifs is 1. The van der Waals surface area contributed by atoms with Crippen molar-refractivity contribution >= 4 is 32.1 Å². The largest absolute Gasteiger partial charge is 0.477 e. The van der Waals surface area contributed by atoms with Gasteiger partial charge in [-0.1, -0.05) is 12.0 Å². The van der Waals surface area contributed by atoms with E-state index in [1.807, 2.05) is 12.1 Å². The van der Waals surface area contributed by atoms with E-state index in [9.17, 15) is 21.6 Å². The van der Waals surface area contributed by atoms with Crippen LogP contribution in [0.4, 0.5) is 24.5 Å². The Hall–Kier alpha value is -3.91. The third-order valence-corrected chi connectivity index (χ3v) is 11.4. The molecule has 0 amide bonds. The van der Waals surface area contributed by atoms with Gasteiger partial charge in [0, 0.05) is 66.7 Å². The first-order valence-electron chi connectivity index (χ1n) is 16.6. The SMILES string of the molecule is CC1(N2CC3(CCOCC3)C2)CCC(Nc2cccc3c2cc(C#CCNc2ccc(S(C)(=O)=O)cc2OCC#N)n3CC(F)(F)F)CC1. The molecule has 1 aromatic heterocycles. The molecule has 0 bridgehead atoms. The van der Waals surface area contributed by atoms with Crippen LogP contribution in [0.1, 0.15) is 51.1 Å². The Morgan fingerprint density at radius 1 is 1.06 bits per heavy atom. The lowest BCUT2D eigenvalue weighted by molar-refractivity contribution is -0.140. The van der Waals surface area contributed by atoms with Crippen molar-refractivity contribution < 1.29 is 31.1 Å². The minimum atomic E-state index is -4.45. The molecule has 9 nitrogen and oxygen atoms in total. The smallest absolute Gasteiger partial charge is 0.406 e. The molecular weight excluding hydrogens is 655 g/mol. The van der Waals surface area contributed by atoms with Crippen molar-refractivity contribution in [1.29, 1.82) is 5.26 Å². The number of hydrogen-bond donors (Lipinski definition) is 2. The van der Waals surface area contributed by atoms with Crippen LogP contribution in [0.15, 0.2) is 47.4 Å². The second kappa shape index (κ2) is 13.8. The average Bonchev–Trinajstić information content (AvgIpc) is 3.38. The van der Waals surface area contributed by atoms with E-state index in [2.05, 4.69) is 34.3 Å². The molecule has 1 spiro atoms. The minimum Gasteiger partial charge on any atom is -0.477 e. The Balaban J connectivity index is 1.16. The summed E-state index contributed by atoms with van der Waals surface area (Å²) in [6.07, 6.45) is 2.98. The molecule has 2 aliphatic heterocycles. The first-order valence-corrected chi connectivity index (χ1v) is 18.5. The molecule has 2 aromatic carbocycles. The van der Waals surface area contributed by atoms with Crippen molar-refractivity contribution in [1.82, 2.24) is 9.47 Å². The number of hydrogen-bond acceptors (Lipinski definition) is 8. The van der Waals surface area contributed by atoms with E-state index in [0.717, 1.165) is 76.8 Å². The molecule has 0 radical (unpaired) electrons. The van der Waals surface area contributed by atoms with Gasteiger partial charge in [-0.3, -0.25) is 4.90 Å². The number of aromatic nitrogens is 1. The van der Waals surface area contributed by atoms with Crippen LogP contribution in [-0.2, 0) is 21.1 Å². The summed E-state index contributed by atoms with van der Waals surface area (Å²) in [5.41, 5.74) is 2.47. The van der Waals surface area contributed by atoms with Gasteiger partial charge in [-0.2, -0.15) is 18.4 Å². The Morgan fingerprint density at radius 3 is 2.47 bits per heavy atom. The van der Waals surface area contributed by atoms with Crippen molar-refractivity contribution in [3.05, 3.63) is 48.2 Å². The summed E-state index contributed by atoms with van der Waals surface area (Å²) in [6.45, 7) is 4.94. The highest BCUT2D eigenvalue weighted by Crippen LogP contribution is 2.47. The third-order valence-electron chi connectivity index (χ3n) is 10.3. The van der Waals surface area contributed by atoms with Crippen LogP contribution in [0.3, 0.4) is 0 Å². The van der Waals surface area contributed by atoms with Gasteiger partial charge in [-0.05, 0) is 81.7 Å². The predicted molar refractivity (Wildman–Crippen MR) is 182 cm³/mol. The van der Waals surface area contributed by atoms with Crippen molar-refractivity contribution in [2.45, 2.75) is 74.6 Å². The van der Waals surface area contributed by atoms with Crippen LogP contribution in [0.2, 0.25) is 0 Å². The average molecular weight is 698 g/mol. The van der Waals surface area contributed by atoms with Gasteiger partial charge in [0.15, 0.2) is 16.4 Å². The molecular formula is C36H42F3N5O4S. The monoisotopic (exact) mass is 697 g/mol. The summed E-state index contributed by atoms with van der Waals surface area (Å²) >= 11 is 0.